The van der Waals surface area contributed by atoms with Crippen LogP contribution in [0.5, 0.6) is 0 Å². The Morgan fingerprint density at radius 3 is 2.71 bits per heavy atom. The Morgan fingerprint density at radius 2 is 1.90 bits per heavy atom. The van der Waals surface area contributed by atoms with Crippen molar-refractivity contribution in [2.45, 2.75) is 31.7 Å². The van der Waals surface area contributed by atoms with Crippen LogP contribution in [0.2, 0.25) is 0 Å². The third-order valence-corrected chi connectivity index (χ3v) is 6.06. The molecule has 2 amide bonds. The third kappa shape index (κ3) is 3.91. The highest BCUT2D eigenvalue weighted by Gasteiger charge is 2.40. The van der Waals surface area contributed by atoms with E-state index in [0.717, 1.165) is 31.2 Å². The van der Waals surface area contributed by atoms with Gasteiger partial charge in [0.25, 0.3) is 5.91 Å². The maximum Gasteiger partial charge on any atom is 0.293 e. The minimum Gasteiger partial charge on any atom is -0.319 e. The second-order valence-electron chi connectivity index (χ2n) is 7.96. The standard InChI is InChI=1S/C22H23N7O2/c30-21-16-6-2-1-5-15(16)18(26-29-21)13-8-10-14(11-9-13)24-22(31)20-25-19(27-28-20)17-7-3-4-12-23-17/h3-4,7-12,15-16,18,26H,1-2,5-6H2,(H,24,31)(H,29,30)(H,25,27,28). The highest BCUT2D eigenvalue weighted by Crippen LogP contribution is 2.40. The summed E-state index contributed by atoms with van der Waals surface area (Å²) in [6.45, 7) is 0. The summed E-state index contributed by atoms with van der Waals surface area (Å²) < 4.78 is 0. The van der Waals surface area contributed by atoms with Crippen molar-refractivity contribution in [3.8, 4) is 11.5 Å². The fourth-order valence-electron chi connectivity index (χ4n) is 4.50. The molecule has 1 aromatic carbocycles. The zero-order valence-corrected chi connectivity index (χ0v) is 16.8. The molecule has 1 saturated heterocycles. The first-order valence-corrected chi connectivity index (χ1v) is 10.5. The Balaban J connectivity index is 1.27. The van der Waals surface area contributed by atoms with Gasteiger partial charge >= 0.3 is 0 Å². The molecule has 9 heteroatoms. The molecule has 1 aliphatic heterocycles. The quantitative estimate of drug-likeness (QED) is 0.517. The predicted molar refractivity (Wildman–Crippen MR) is 113 cm³/mol. The Kier molecular flexibility index (Phi) is 5.17. The van der Waals surface area contributed by atoms with Crippen LogP contribution >= 0.6 is 0 Å². The van der Waals surface area contributed by atoms with Crippen molar-refractivity contribution in [2.75, 3.05) is 5.32 Å². The van der Waals surface area contributed by atoms with E-state index in [1.807, 2.05) is 30.3 Å². The van der Waals surface area contributed by atoms with Crippen molar-refractivity contribution in [2.24, 2.45) is 11.8 Å². The monoisotopic (exact) mass is 417 g/mol. The highest BCUT2D eigenvalue weighted by molar-refractivity contribution is 6.01. The van der Waals surface area contributed by atoms with E-state index in [-0.39, 0.29) is 29.6 Å². The molecule has 31 heavy (non-hydrogen) atoms. The van der Waals surface area contributed by atoms with Crippen LogP contribution < -0.4 is 16.2 Å². The lowest BCUT2D eigenvalue weighted by molar-refractivity contribution is -0.133. The van der Waals surface area contributed by atoms with Crippen LogP contribution in [0.1, 0.15) is 47.9 Å². The SMILES string of the molecule is O=C(Nc1ccc(C2NNC(=O)C3CCCCC32)cc1)c1nc(-c2ccccn2)n[nH]1. The molecule has 1 aliphatic carbocycles. The number of nitrogens with one attached hydrogen (secondary N) is 4. The van der Waals surface area contributed by atoms with Crippen LogP contribution in [-0.4, -0.2) is 32.0 Å². The average Bonchev–Trinajstić information content (AvgIpc) is 3.32. The third-order valence-electron chi connectivity index (χ3n) is 6.06. The lowest BCUT2D eigenvalue weighted by atomic mass is 9.72. The Bertz CT molecular complexity index is 1080. The molecule has 2 aliphatic rings. The normalized spacial score (nSPS) is 23.0. The molecule has 5 rings (SSSR count). The van der Waals surface area contributed by atoms with Crippen molar-refractivity contribution in [3.05, 3.63) is 60.0 Å². The van der Waals surface area contributed by atoms with Crippen molar-refractivity contribution >= 4 is 17.5 Å². The molecule has 2 fully saturated rings. The van der Waals surface area contributed by atoms with Crippen molar-refractivity contribution < 1.29 is 9.59 Å². The van der Waals surface area contributed by atoms with E-state index < -0.39 is 0 Å². The minimum atomic E-state index is -0.377. The average molecular weight is 417 g/mol. The van der Waals surface area contributed by atoms with Crippen LogP contribution in [0.4, 0.5) is 5.69 Å². The van der Waals surface area contributed by atoms with E-state index in [1.165, 1.54) is 0 Å². The van der Waals surface area contributed by atoms with E-state index in [2.05, 4.69) is 36.3 Å². The maximum atomic E-state index is 12.5. The first kappa shape index (κ1) is 19.4. The largest absolute Gasteiger partial charge is 0.319 e. The number of nitrogens with zero attached hydrogens (tertiary/aromatic N) is 3. The van der Waals surface area contributed by atoms with Gasteiger partial charge in [0.15, 0.2) is 5.82 Å². The zero-order chi connectivity index (χ0) is 21.2. The van der Waals surface area contributed by atoms with Crippen molar-refractivity contribution in [1.29, 1.82) is 0 Å². The second kappa shape index (κ2) is 8.27. The molecule has 3 aromatic rings. The molecular weight excluding hydrogens is 394 g/mol. The van der Waals surface area contributed by atoms with E-state index >= 15 is 0 Å². The van der Waals surface area contributed by atoms with Gasteiger partial charge in [0.1, 0.15) is 5.69 Å². The van der Waals surface area contributed by atoms with Gasteiger partial charge in [-0.05, 0) is 48.6 Å². The summed E-state index contributed by atoms with van der Waals surface area (Å²) in [4.78, 5) is 33.1. The summed E-state index contributed by atoms with van der Waals surface area (Å²) in [5.41, 5.74) is 8.34. The molecule has 4 N–H and O–H groups in total. The van der Waals surface area contributed by atoms with Gasteiger partial charge in [-0.3, -0.25) is 25.1 Å². The summed E-state index contributed by atoms with van der Waals surface area (Å²) in [7, 11) is 0. The smallest absolute Gasteiger partial charge is 0.293 e. The number of H-pyrrole nitrogens is 1. The minimum absolute atomic E-state index is 0.0686. The van der Waals surface area contributed by atoms with Crippen LogP contribution in [0, 0.1) is 11.8 Å². The first-order chi connectivity index (χ1) is 15.2. The number of fused-ring (bicyclic) bond motifs is 1. The number of carbonyl (C=O) groups excluding carboxylic acids is 2. The lowest BCUT2D eigenvalue weighted by Crippen LogP contribution is -2.55. The van der Waals surface area contributed by atoms with Crippen LogP contribution in [0.3, 0.4) is 0 Å². The van der Waals surface area contributed by atoms with Gasteiger partial charge in [-0.1, -0.05) is 31.0 Å². The molecule has 2 aromatic heterocycles. The van der Waals surface area contributed by atoms with Crippen LogP contribution in [0.15, 0.2) is 48.7 Å². The molecule has 3 heterocycles. The predicted octanol–water partition coefficient (Wildman–Crippen LogP) is 2.60. The summed E-state index contributed by atoms with van der Waals surface area (Å²) in [5, 5.41) is 9.56. The number of hydrogen-bond acceptors (Lipinski definition) is 6. The summed E-state index contributed by atoms with van der Waals surface area (Å²) in [6, 6.07) is 13.2. The van der Waals surface area contributed by atoms with Gasteiger partial charge in [0.05, 0.1) is 6.04 Å². The zero-order valence-electron chi connectivity index (χ0n) is 16.8. The molecule has 0 spiro atoms. The number of amides is 2. The number of carbonyl (C=O) groups is 2. The fourth-order valence-corrected chi connectivity index (χ4v) is 4.50. The van der Waals surface area contributed by atoms with Gasteiger partial charge in [0.2, 0.25) is 11.7 Å². The number of pyridine rings is 1. The molecule has 0 bridgehead atoms. The molecule has 3 unspecified atom stereocenters. The van der Waals surface area contributed by atoms with Crippen LogP contribution in [0.25, 0.3) is 11.5 Å². The number of hydrazine groups is 1. The van der Waals surface area contributed by atoms with Gasteiger partial charge in [-0.2, -0.15) is 5.10 Å². The van der Waals surface area contributed by atoms with E-state index in [4.69, 9.17) is 0 Å². The number of benzene rings is 1. The van der Waals surface area contributed by atoms with Gasteiger partial charge in [-0.25, -0.2) is 10.4 Å². The Labute approximate surface area is 179 Å². The Morgan fingerprint density at radius 1 is 1.06 bits per heavy atom. The summed E-state index contributed by atoms with van der Waals surface area (Å²) >= 11 is 0. The second-order valence-corrected chi connectivity index (χ2v) is 7.96. The van der Waals surface area contributed by atoms with E-state index in [9.17, 15) is 9.59 Å². The van der Waals surface area contributed by atoms with Crippen LogP contribution in [-0.2, 0) is 4.79 Å². The summed E-state index contributed by atoms with van der Waals surface area (Å²) in [6.07, 6.45) is 5.89. The molecule has 0 radical (unpaired) electrons. The van der Waals surface area contributed by atoms with E-state index in [0.29, 0.717) is 23.1 Å². The first-order valence-electron chi connectivity index (χ1n) is 10.5. The number of aromatic amines is 1. The van der Waals surface area contributed by atoms with Gasteiger partial charge in [-0.15, -0.1) is 0 Å². The van der Waals surface area contributed by atoms with Gasteiger partial charge < -0.3 is 5.32 Å². The molecule has 3 atom stereocenters. The number of hydrogen-bond donors (Lipinski definition) is 4. The lowest BCUT2D eigenvalue weighted by Gasteiger charge is -2.41. The molecular formula is C22H23N7O2. The maximum absolute atomic E-state index is 12.5. The van der Waals surface area contributed by atoms with Crippen molar-refractivity contribution in [3.63, 3.8) is 0 Å². The highest BCUT2D eigenvalue weighted by atomic mass is 16.2. The number of rotatable bonds is 4. The number of aromatic nitrogens is 4. The fraction of sp³-hybridized carbons (Fsp3) is 0.318. The Hall–Kier alpha value is -3.59. The number of anilines is 1. The topological polar surface area (TPSA) is 125 Å². The van der Waals surface area contributed by atoms with E-state index in [1.54, 1.807) is 18.3 Å². The molecule has 158 valence electrons. The van der Waals surface area contributed by atoms with Gasteiger partial charge in [0, 0.05) is 17.8 Å². The van der Waals surface area contributed by atoms with Crippen molar-refractivity contribution in [1.82, 2.24) is 31.0 Å². The summed E-state index contributed by atoms with van der Waals surface area (Å²) in [5.74, 6) is 0.570. The molecule has 1 saturated carbocycles. The molecule has 9 nitrogen and oxygen atoms in total.